The van der Waals surface area contributed by atoms with E-state index in [1.165, 1.54) is 0 Å². The van der Waals surface area contributed by atoms with Gasteiger partial charge in [0.1, 0.15) is 0 Å². The predicted octanol–water partition coefficient (Wildman–Crippen LogP) is 0.0344. The number of rotatable bonds is 9. The Morgan fingerprint density at radius 2 is 1.91 bits per heavy atom. The molecule has 22 heavy (non-hydrogen) atoms. The second-order valence-corrected chi connectivity index (χ2v) is 6.30. The quantitative estimate of drug-likeness (QED) is 0.318. The number of hydrogen-bond acceptors (Lipinski definition) is 4. The van der Waals surface area contributed by atoms with E-state index in [2.05, 4.69) is 32.9 Å². The fourth-order valence-corrected chi connectivity index (χ4v) is 1.80. The van der Waals surface area contributed by atoms with Crippen LogP contribution in [0.3, 0.4) is 0 Å². The lowest BCUT2D eigenvalue weighted by molar-refractivity contribution is -0.121. The number of guanidine groups is 1. The lowest BCUT2D eigenvalue weighted by atomic mass is 10.1. The number of carbonyl (C=O) groups excluding carboxylic acids is 1. The summed E-state index contributed by atoms with van der Waals surface area (Å²) in [6.07, 6.45) is 1.02. The molecule has 0 radical (unpaired) electrons. The summed E-state index contributed by atoms with van der Waals surface area (Å²) in [6.45, 7) is 9.52. The van der Waals surface area contributed by atoms with Crippen LogP contribution in [0.1, 0.15) is 27.2 Å². The van der Waals surface area contributed by atoms with Crippen LogP contribution in [-0.2, 0) is 9.53 Å². The molecule has 0 unspecified atom stereocenters. The molecule has 0 atom stereocenters. The van der Waals surface area contributed by atoms with Crippen LogP contribution in [0, 0.1) is 0 Å². The van der Waals surface area contributed by atoms with Crippen LogP contribution in [-0.4, -0.2) is 76.3 Å². The normalized spacial score (nSPS) is 12.4. The van der Waals surface area contributed by atoms with Crippen molar-refractivity contribution in [2.24, 2.45) is 4.99 Å². The number of carbonyl (C=O) groups is 1. The van der Waals surface area contributed by atoms with Crippen LogP contribution in [0.5, 0.6) is 0 Å². The molecule has 0 aromatic heterocycles. The van der Waals surface area contributed by atoms with Crippen molar-refractivity contribution < 1.29 is 9.53 Å². The molecule has 7 nitrogen and oxygen atoms in total. The highest BCUT2D eigenvalue weighted by Gasteiger charge is 2.13. The number of nitrogens with one attached hydrogen (secondary N) is 3. The van der Waals surface area contributed by atoms with Gasteiger partial charge in [-0.15, -0.1) is 0 Å². The van der Waals surface area contributed by atoms with Gasteiger partial charge in [-0.2, -0.15) is 0 Å². The molecule has 3 N–H and O–H groups in total. The van der Waals surface area contributed by atoms with Crippen molar-refractivity contribution in [3.8, 4) is 0 Å². The first-order chi connectivity index (χ1) is 10.3. The number of methoxy groups -OCH3 is 1. The number of ether oxygens (including phenoxy) is 1. The molecule has 0 saturated carbocycles. The highest BCUT2D eigenvalue weighted by atomic mass is 16.5. The van der Waals surface area contributed by atoms with Crippen LogP contribution in [0.4, 0.5) is 0 Å². The van der Waals surface area contributed by atoms with Crippen molar-refractivity contribution in [3.05, 3.63) is 0 Å². The largest absolute Gasteiger partial charge is 0.385 e. The molecule has 0 bridgehead atoms. The SMILES string of the molecule is CN=C(NCCN(C)CCCOC)NCC(=O)NC(C)(C)C. The minimum absolute atomic E-state index is 0.0490. The van der Waals surface area contributed by atoms with E-state index in [0.717, 1.165) is 32.7 Å². The summed E-state index contributed by atoms with van der Waals surface area (Å²) in [5.74, 6) is 0.585. The molecule has 0 saturated heterocycles. The molecular formula is C15H33N5O2. The number of aliphatic imine (C=N–C) groups is 1. The third kappa shape index (κ3) is 12.4. The van der Waals surface area contributed by atoms with E-state index in [-0.39, 0.29) is 18.0 Å². The van der Waals surface area contributed by atoms with Gasteiger partial charge >= 0.3 is 0 Å². The average Bonchev–Trinajstić information content (AvgIpc) is 2.41. The predicted molar refractivity (Wildman–Crippen MR) is 91.3 cm³/mol. The summed E-state index contributed by atoms with van der Waals surface area (Å²) >= 11 is 0. The highest BCUT2D eigenvalue weighted by molar-refractivity contribution is 5.86. The van der Waals surface area contributed by atoms with Crippen LogP contribution < -0.4 is 16.0 Å². The van der Waals surface area contributed by atoms with Gasteiger partial charge in [0, 0.05) is 45.9 Å². The van der Waals surface area contributed by atoms with Crippen molar-refractivity contribution >= 4 is 11.9 Å². The second kappa shape index (κ2) is 11.3. The lowest BCUT2D eigenvalue weighted by Gasteiger charge is -2.21. The number of amides is 1. The van der Waals surface area contributed by atoms with Gasteiger partial charge < -0.3 is 25.6 Å². The van der Waals surface area contributed by atoms with Crippen molar-refractivity contribution in [3.63, 3.8) is 0 Å². The Morgan fingerprint density at radius 3 is 2.45 bits per heavy atom. The van der Waals surface area contributed by atoms with Gasteiger partial charge in [-0.1, -0.05) is 0 Å². The molecule has 130 valence electrons. The Labute approximate surface area is 134 Å². The number of likely N-dealkylation sites (N-methyl/N-ethyl adjacent to an activating group) is 1. The van der Waals surface area contributed by atoms with Gasteiger partial charge in [0.2, 0.25) is 5.91 Å². The van der Waals surface area contributed by atoms with Gasteiger partial charge in [0.25, 0.3) is 0 Å². The summed E-state index contributed by atoms with van der Waals surface area (Å²) < 4.78 is 5.03. The third-order valence-corrected chi connectivity index (χ3v) is 2.83. The minimum Gasteiger partial charge on any atom is -0.385 e. The fraction of sp³-hybridized carbons (Fsp3) is 0.867. The van der Waals surface area contributed by atoms with Gasteiger partial charge in [-0.05, 0) is 34.2 Å². The molecule has 0 aliphatic carbocycles. The Hall–Kier alpha value is -1.34. The molecule has 0 aliphatic rings. The summed E-state index contributed by atoms with van der Waals surface area (Å²) in [7, 11) is 5.48. The second-order valence-electron chi connectivity index (χ2n) is 6.30. The minimum atomic E-state index is -0.222. The van der Waals surface area contributed by atoms with E-state index in [1.54, 1.807) is 14.2 Å². The molecule has 0 aromatic rings. The van der Waals surface area contributed by atoms with Gasteiger partial charge in [0.15, 0.2) is 5.96 Å². The molecule has 0 spiro atoms. The first kappa shape index (κ1) is 20.7. The van der Waals surface area contributed by atoms with Crippen LogP contribution in [0.2, 0.25) is 0 Å². The van der Waals surface area contributed by atoms with Crippen LogP contribution in [0.15, 0.2) is 4.99 Å². The van der Waals surface area contributed by atoms with Crippen molar-refractivity contribution in [2.45, 2.75) is 32.7 Å². The van der Waals surface area contributed by atoms with E-state index in [4.69, 9.17) is 4.74 Å². The molecule has 0 rings (SSSR count). The summed E-state index contributed by atoms with van der Waals surface area (Å²) in [6, 6.07) is 0. The standard InChI is InChI=1S/C15H33N5O2/c1-15(2,3)19-13(21)12-18-14(16-4)17-8-10-20(5)9-7-11-22-6/h7-12H2,1-6H3,(H,19,21)(H2,16,17,18). The molecule has 0 fully saturated rings. The number of nitrogens with zero attached hydrogens (tertiary/aromatic N) is 2. The summed E-state index contributed by atoms with van der Waals surface area (Å²) in [5.41, 5.74) is -0.222. The van der Waals surface area contributed by atoms with E-state index >= 15 is 0 Å². The molecule has 0 aromatic carbocycles. The van der Waals surface area contributed by atoms with Gasteiger partial charge in [0.05, 0.1) is 6.54 Å². The van der Waals surface area contributed by atoms with E-state index in [9.17, 15) is 4.79 Å². The van der Waals surface area contributed by atoms with Gasteiger partial charge in [-0.25, -0.2) is 0 Å². The zero-order chi connectivity index (χ0) is 17.0. The monoisotopic (exact) mass is 315 g/mol. The third-order valence-electron chi connectivity index (χ3n) is 2.83. The molecule has 0 aliphatic heterocycles. The maximum atomic E-state index is 11.7. The maximum absolute atomic E-state index is 11.7. The molecule has 0 heterocycles. The Kier molecular flexibility index (Phi) is 10.6. The Morgan fingerprint density at radius 1 is 1.23 bits per heavy atom. The van der Waals surface area contributed by atoms with Gasteiger partial charge in [-0.3, -0.25) is 9.79 Å². The Bertz CT molecular complexity index is 339. The van der Waals surface area contributed by atoms with E-state index < -0.39 is 0 Å². The first-order valence-electron chi connectivity index (χ1n) is 7.71. The highest BCUT2D eigenvalue weighted by Crippen LogP contribution is 1.97. The van der Waals surface area contributed by atoms with Crippen LogP contribution >= 0.6 is 0 Å². The summed E-state index contributed by atoms with van der Waals surface area (Å²) in [5, 5.41) is 9.10. The van der Waals surface area contributed by atoms with E-state index in [1.807, 2.05) is 20.8 Å². The summed E-state index contributed by atoms with van der Waals surface area (Å²) in [4.78, 5) is 18.1. The van der Waals surface area contributed by atoms with Crippen molar-refractivity contribution in [2.75, 3.05) is 54.0 Å². The molecule has 7 heteroatoms. The van der Waals surface area contributed by atoms with Crippen molar-refractivity contribution in [1.29, 1.82) is 0 Å². The zero-order valence-corrected chi connectivity index (χ0v) is 15.0. The van der Waals surface area contributed by atoms with Crippen molar-refractivity contribution in [1.82, 2.24) is 20.9 Å². The Balaban J connectivity index is 3.87. The zero-order valence-electron chi connectivity index (χ0n) is 15.0. The molecule has 1 amide bonds. The average molecular weight is 315 g/mol. The fourth-order valence-electron chi connectivity index (χ4n) is 1.80. The van der Waals surface area contributed by atoms with E-state index in [0.29, 0.717) is 5.96 Å². The maximum Gasteiger partial charge on any atom is 0.239 e. The first-order valence-corrected chi connectivity index (χ1v) is 7.71. The van der Waals surface area contributed by atoms with Crippen LogP contribution in [0.25, 0.3) is 0 Å². The number of hydrogen-bond donors (Lipinski definition) is 3. The molecular weight excluding hydrogens is 282 g/mol. The lowest BCUT2D eigenvalue weighted by Crippen LogP contribution is -2.48. The topological polar surface area (TPSA) is 78.0 Å². The smallest absolute Gasteiger partial charge is 0.239 e.